The Kier molecular flexibility index (Phi) is 4.89. The average Bonchev–Trinajstić information content (AvgIpc) is 2.89. The maximum atomic E-state index is 11.6. The van der Waals surface area contributed by atoms with Crippen LogP contribution in [0.25, 0.3) is 0 Å². The molecule has 112 valence electrons. The molecule has 0 spiro atoms. The van der Waals surface area contributed by atoms with Gasteiger partial charge in [-0.25, -0.2) is 4.79 Å². The third kappa shape index (κ3) is 4.28. The predicted molar refractivity (Wildman–Crippen MR) is 75.4 cm³/mol. The van der Waals surface area contributed by atoms with Crippen molar-refractivity contribution < 1.29 is 14.4 Å². The fourth-order valence-electron chi connectivity index (χ4n) is 1.89. The maximum Gasteiger partial charge on any atom is 0.315 e. The number of aliphatic hydroxyl groups is 1. The molecule has 0 fully saturated rings. The number of aryl methyl sites for hydroxylation is 2. The first-order chi connectivity index (χ1) is 10.1. The van der Waals surface area contributed by atoms with Crippen molar-refractivity contribution >= 4 is 6.03 Å². The number of aliphatic hydroxyl groups excluding tert-OH is 1. The summed E-state index contributed by atoms with van der Waals surface area (Å²) < 4.78 is 4.79. The van der Waals surface area contributed by atoms with E-state index in [1.807, 2.05) is 31.2 Å². The van der Waals surface area contributed by atoms with Gasteiger partial charge >= 0.3 is 6.03 Å². The first kappa shape index (κ1) is 15.0. The van der Waals surface area contributed by atoms with Gasteiger partial charge < -0.3 is 20.3 Å². The molecule has 0 radical (unpaired) electrons. The molecule has 7 nitrogen and oxygen atoms in total. The second-order valence-electron chi connectivity index (χ2n) is 4.67. The van der Waals surface area contributed by atoms with Gasteiger partial charge in [0, 0.05) is 13.5 Å². The van der Waals surface area contributed by atoms with E-state index in [4.69, 9.17) is 4.52 Å². The van der Waals surface area contributed by atoms with Crippen LogP contribution in [0.2, 0.25) is 0 Å². The van der Waals surface area contributed by atoms with Crippen LogP contribution in [0, 0.1) is 13.8 Å². The van der Waals surface area contributed by atoms with Crippen LogP contribution in [0.4, 0.5) is 4.79 Å². The molecular formula is C14H18N4O3. The van der Waals surface area contributed by atoms with Gasteiger partial charge in [0.05, 0.1) is 12.6 Å². The topological polar surface area (TPSA) is 100 Å². The zero-order valence-electron chi connectivity index (χ0n) is 12.0. The van der Waals surface area contributed by atoms with Gasteiger partial charge in [-0.15, -0.1) is 0 Å². The zero-order chi connectivity index (χ0) is 15.2. The van der Waals surface area contributed by atoms with Crippen molar-refractivity contribution in [2.45, 2.75) is 26.5 Å². The number of nitrogens with one attached hydrogen (secondary N) is 2. The number of amides is 2. The van der Waals surface area contributed by atoms with Crippen molar-refractivity contribution in [3.8, 4) is 0 Å². The van der Waals surface area contributed by atoms with E-state index in [-0.39, 0.29) is 13.1 Å². The van der Waals surface area contributed by atoms with Crippen LogP contribution in [0.3, 0.4) is 0 Å². The summed E-state index contributed by atoms with van der Waals surface area (Å²) in [6.07, 6.45) is -0.746. The van der Waals surface area contributed by atoms with E-state index >= 15 is 0 Å². The minimum Gasteiger partial charge on any atom is -0.387 e. The van der Waals surface area contributed by atoms with Crippen LogP contribution in [-0.4, -0.2) is 27.8 Å². The molecule has 0 aliphatic heterocycles. The second kappa shape index (κ2) is 6.85. The van der Waals surface area contributed by atoms with Crippen LogP contribution < -0.4 is 10.6 Å². The molecule has 1 aromatic heterocycles. The number of rotatable bonds is 5. The fourth-order valence-corrected chi connectivity index (χ4v) is 1.89. The van der Waals surface area contributed by atoms with Crippen molar-refractivity contribution in [3.05, 3.63) is 47.1 Å². The molecule has 0 bridgehead atoms. The van der Waals surface area contributed by atoms with Crippen LogP contribution in [-0.2, 0) is 6.54 Å². The minimum absolute atomic E-state index is 0.127. The molecule has 2 rings (SSSR count). The van der Waals surface area contributed by atoms with E-state index in [0.717, 1.165) is 11.1 Å². The van der Waals surface area contributed by atoms with Gasteiger partial charge in [0.15, 0.2) is 5.82 Å². The highest BCUT2D eigenvalue weighted by Gasteiger charge is 2.11. The normalized spacial score (nSPS) is 12.0. The predicted octanol–water partition coefficient (Wildman–Crippen LogP) is 1.22. The highest BCUT2D eigenvalue weighted by atomic mass is 16.5. The SMILES string of the molecule is Cc1nc(CNC(=O)NCC(O)c2ccccc2C)no1. The molecule has 0 aliphatic rings. The number of benzene rings is 1. The lowest BCUT2D eigenvalue weighted by molar-refractivity contribution is 0.172. The Balaban J connectivity index is 1.77. The molecule has 0 saturated carbocycles. The monoisotopic (exact) mass is 290 g/mol. The van der Waals surface area contributed by atoms with E-state index in [2.05, 4.69) is 20.8 Å². The van der Waals surface area contributed by atoms with Crippen molar-refractivity contribution in [1.82, 2.24) is 20.8 Å². The summed E-state index contributed by atoms with van der Waals surface area (Å²) in [6.45, 7) is 3.89. The lowest BCUT2D eigenvalue weighted by Gasteiger charge is -2.14. The Morgan fingerprint density at radius 1 is 1.33 bits per heavy atom. The number of nitrogens with zero attached hydrogens (tertiary/aromatic N) is 2. The Morgan fingerprint density at radius 3 is 2.76 bits per heavy atom. The van der Waals surface area contributed by atoms with Crippen molar-refractivity contribution in [1.29, 1.82) is 0 Å². The molecule has 21 heavy (non-hydrogen) atoms. The van der Waals surface area contributed by atoms with Gasteiger partial charge in [-0.1, -0.05) is 29.4 Å². The van der Waals surface area contributed by atoms with E-state index in [1.54, 1.807) is 6.92 Å². The molecule has 1 unspecified atom stereocenters. The maximum absolute atomic E-state index is 11.6. The summed E-state index contributed by atoms with van der Waals surface area (Å²) in [7, 11) is 0. The number of hydrogen-bond donors (Lipinski definition) is 3. The molecule has 1 atom stereocenters. The third-order valence-electron chi connectivity index (χ3n) is 2.98. The second-order valence-corrected chi connectivity index (χ2v) is 4.67. The molecule has 2 aromatic rings. The number of hydrogen-bond acceptors (Lipinski definition) is 5. The molecule has 1 heterocycles. The first-order valence-corrected chi connectivity index (χ1v) is 6.60. The zero-order valence-corrected chi connectivity index (χ0v) is 12.0. The van der Waals surface area contributed by atoms with Crippen LogP contribution >= 0.6 is 0 Å². The number of urea groups is 1. The van der Waals surface area contributed by atoms with Crippen LogP contribution in [0.1, 0.15) is 28.9 Å². The number of carbonyl (C=O) groups excluding carboxylic acids is 1. The molecule has 3 N–H and O–H groups in total. The molecular weight excluding hydrogens is 272 g/mol. The van der Waals surface area contributed by atoms with E-state index in [1.165, 1.54) is 0 Å². The molecule has 7 heteroatoms. The Bertz CT molecular complexity index is 612. The Labute approximate surface area is 122 Å². The van der Waals surface area contributed by atoms with E-state index in [9.17, 15) is 9.90 Å². The summed E-state index contributed by atoms with van der Waals surface area (Å²) in [4.78, 5) is 15.6. The van der Waals surface area contributed by atoms with Gasteiger partial charge in [0.1, 0.15) is 0 Å². The van der Waals surface area contributed by atoms with Gasteiger partial charge in [-0.05, 0) is 18.1 Å². The largest absolute Gasteiger partial charge is 0.387 e. The third-order valence-corrected chi connectivity index (χ3v) is 2.98. The van der Waals surface area contributed by atoms with E-state index < -0.39 is 12.1 Å². The summed E-state index contributed by atoms with van der Waals surface area (Å²) in [6, 6.07) is 7.10. The standard InChI is InChI=1S/C14H18N4O3/c1-9-5-3-4-6-11(9)12(19)7-15-14(20)16-8-13-17-10(2)21-18-13/h3-6,12,19H,7-8H2,1-2H3,(H2,15,16,20). The summed E-state index contributed by atoms with van der Waals surface area (Å²) in [5.41, 5.74) is 1.78. The Morgan fingerprint density at radius 2 is 2.10 bits per heavy atom. The first-order valence-electron chi connectivity index (χ1n) is 6.60. The molecule has 2 amide bonds. The fraction of sp³-hybridized carbons (Fsp3) is 0.357. The number of carbonyl (C=O) groups is 1. The van der Waals surface area contributed by atoms with Crippen molar-refractivity contribution in [2.24, 2.45) is 0 Å². The number of aromatic nitrogens is 2. The van der Waals surface area contributed by atoms with Crippen LogP contribution in [0.5, 0.6) is 0 Å². The quantitative estimate of drug-likeness (QED) is 0.768. The smallest absolute Gasteiger partial charge is 0.315 e. The highest BCUT2D eigenvalue weighted by Crippen LogP contribution is 2.15. The summed E-state index contributed by atoms with van der Waals surface area (Å²) in [5, 5.41) is 18.9. The summed E-state index contributed by atoms with van der Waals surface area (Å²) in [5.74, 6) is 0.851. The average molecular weight is 290 g/mol. The highest BCUT2D eigenvalue weighted by molar-refractivity contribution is 5.73. The van der Waals surface area contributed by atoms with Crippen molar-refractivity contribution in [3.63, 3.8) is 0 Å². The molecule has 1 aromatic carbocycles. The minimum atomic E-state index is -0.746. The lowest BCUT2D eigenvalue weighted by Crippen LogP contribution is -2.37. The van der Waals surface area contributed by atoms with Crippen molar-refractivity contribution in [2.75, 3.05) is 6.54 Å². The summed E-state index contributed by atoms with van der Waals surface area (Å²) >= 11 is 0. The van der Waals surface area contributed by atoms with Gasteiger partial charge in [-0.3, -0.25) is 0 Å². The Hall–Kier alpha value is -2.41. The van der Waals surface area contributed by atoms with Gasteiger partial charge in [0.2, 0.25) is 5.89 Å². The van der Waals surface area contributed by atoms with Gasteiger partial charge in [0.25, 0.3) is 0 Å². The van der Waals surface area contributed by atoms with E-state index in [0.29, 0.717) is 11.7 Å². The van der Waals surface area contributed by atoms with Gasteiger partial charge in [-0.2, -0.15) is 4.98 Å². The van der Waals surface area contributed by atoms with Crippen LogP contribution in [0.15, 0.2) is 28.8 Å². The lowest BCUT2D eigenvalue weighted by atomic mass is 10.0. The molecule has 0 saturated heterocycles. The molecule has 0 aliphatic carbocycles.